The lowest BCUT2D eigenvalue weighted by atomic mass is 10.0. The van der Waals surface area contributed by atoms with Crippen molar-refractivity contribution in [1.29, 1.82) is 0 Å². The fourth-order valence-electron chi connectivity index (χ4n) is 2.74. The fourth-order valence-corrected chi connectivity index (χ4v) is 2.74. The Morgan fingerprint density at radius 3 is 2.27 bits per heavy atom. The van der Waals surface area contributed by atoms with Gasteiger partial charge in [-0.25, -0.2) is 0 Å². The smallest absolute Gasteiger partial charge is 0.254 e. The first-order chi connectivity index (χ1) is 7.38. The lowest BCUT2D eigenvalue weighted by Crippen LogP contribution is -2.14. The average Bonchev–Trinajstić information content (AvgIpc) is 3.03. The highest BCUT2D eigenvalue weighted by Crippen LogP contribution is 2.41. The van der Waals surface area contributed by atoms with E-state index in [1.54, 1.807) is 0 Å². The van der Waals surface area contributed by atoms with Crippen molar-refractivity contribution in [1.82, 2.24) is 4.90 Å². The van der Waals surface area contributed by atoms with Crippen molar-refractivity contribution in [2.45, 2.75) is 37.8 Å². The Balaban J connectivity index is 1.77. The van der Waals surface area contributed by atoms with Crippen LogP contribution in [0.4, 0.5) is 0 Å². The van der Waals surface area contributed by atoms with Crippen LogP contribution in [0.5, 0.6) is 0 Å². The number of likely N-dealkylation sites (tertiary alicyclic amines) is 1. The summed E-state index contributed by atoms with van der Waals surface area (Å²) in [5.41, 5.74) is 0.840. The monoisotopic (exact) mass is 201 g/mol. The van der Waals surface area contributed by atoms with E-state index in [2.05, 4.69) is 4.90 Å². The highest BCUT2D eigenvalue weighted by atomic mass is 16.2. The summed E-state index contributed by atoms with van der Waals surface area (Å²) < 4.78 is 0. The lowest BCUT2D eigenvalue weighted by Gasteiger charge is -2.02. The molecule has 0 bridgehead atoms. The Labute approximate surface area is 89.9 Å². The molecule has 2 heteroatoms. The van der Waals surface area contributed by atoms with Gasteiger partial charge in [0.25, 0.3) is 5.91 Å². The highest BCUT2D eigenvalue weighted by molar-refractivity contribution is 5.96. The molecular formula is C13H15NO. The molecule has 1 amide bonds. The minimum atomic E-state index is 0.229. The van der Waals surface area contributed by atoms with E-state index >= 15 is 0 Å². The van der Waals surface area contributed by atoms with Gasteiger partial charge in [0.15, 0.2) is 0 Å². The van der Waals surface area contributed by atoms with E-state index in [-0.39, 0.29) is 5.91 Å². The quantitative estimate of drug-likeness (QED) is 0.639. The van der Waals surface area contributed by atoms with Crippen molar-refractivity contribution >= 4 is 5.91 Å². The molecule has 15 heavy (non-hydrogen) atoms. The number of hydrogen-bond donors (Lipinski definition) is 0. The van der Waals surface area contributed by atoms with Gasteiger partial charge in [-0.3, -0.25) is 4.79 Å². The minimum absolute atomic E-state index is 0.229. The second-order valence-corrected chi connectivity index (χ2v) is 4.50. The molecule has 1 heterocycles. The summed E-state index contributed by atoms with van der Waals surface area (Å²) in [4.78, 5) is 14.2. The molecule has 0 N–H and O–H groups in total. The van der Waals surface area contributed by atoms with Crippen molar-refractivity contribution in [3.05, 3.63) is 35.9 Å². The van der Waals surface area contributed by atoms with Gasteiger partial charge >= 0.3 is 0 Å². The zero-order chi connectivity index (χ0) is 10.3. The van der Waals surface area contributed by atoms with Crippen LogP contribution >= 0.6 is 0 Å². The molecule has 0 aromatic heterocycles. The van der Waals surface area contributed by atoms with E-state index in [0.717, 1.165) is 5.56 Å². The molecule has 1 saturated carbocycles. The zero-order valence-electron chi connectivity index (χ0n) is 8.73. The molecule has 2 nitrogen and oxygen atoms in total. The topological polar surface area (TPSA) is 20.1 Å². The third kappa shape index (κ3) is 1.44. The van der Waals surface area contributed by atoms with Crippen molar-refractivity contribution in [3.63, 3.8) is 0 Å². The summed E-state index contributed by atoms with van der Waals surface area (Å²) >= 11 is 0. The highest BCUT2D eigenvalue weighted by Gasteiger charge is 2.51. The van der Waals surface area contributed by atoms with E-state index in [0.29, 0.717) is 12.1 Å². The summed E-state index contributed by atoms with van der Waals surface area (Å²) in [5.74, 6) is 0.229. The molecule has 0 radical (unpaired) electrons. The molecular weight excluding hydrogens is 186 g/mol. The van der Waals surface area contributed by atoms with Crippen LogP contribution in [-0.2, 0) is 0 Å². The molecule has 1 saturated heterocycles. The first-order valence-electron chi connectivity index (χ1n) is 5.75. The molecule has 1 aliphatic heterocycles. The predicted molar refractivity (Wildman–Crippen MR) is 58.7 cm³/mol. The van der Waals surface area contributed by atoms with Gasteiger partial charge in [0.05, 0.1) is 12.1 Å². The Morgan fingerprint density at radius 2 is 1.67 bits per heavy atom. The number of carbonyl (C=O) groups is 1. The fraction of sp³-hybridized carbons (Fsp3) is 0.462. The lowest BCUT2D eigenvalue weighted by molar-refractivity contribution is 0.0865. The maximum Gasteiger partial charge on any atom is 0.254 e. The van der Waals surface area contributed by atoms with Crippen molar-refractivity contribution < 1.29 is 4.79 Å². The molecule has 2 fully saturated rings. The maximum absolute atomic E-state index is 12.1. The second kappa shape index (κ2) is 3.37. The molecule has 0 spiro atoms. The Bertz CT molecular complexity index is 361. The van der Waals surface area contributed by atoms with Crippen LogP contribution in [0.3, 0.4) is 0 Å². The third-order valence-corrected chi connectivity index (χ3v) is 3.57. The van der Waals surface area contributed by atoms with Gasteiger partial charge < -0.3 is 4.90 Å². The van der Waals surface area contributed by atoms with Gasteiger partial charge in [0.2, 0.25) is 0 Å². The van der Waals surface area contributed by atoms with Crippen LogP contribution in [0.2, 0.25) is 0 Å². The number of rotatable bonds is 1. The van der Waals surface area contributed by atoms with Crippen LogP contribution in [0.1, 0.15) is 36.0 Å². The number of amides is 1. The first kappa shape index (κ1) is 8.96. The molecule has 2 atom stereocenters. The second-order valence-electron chi connectivity index (χ2n) is 4.50. The van der Waals surface area contributed by atoms with Gasteiger partial charge in [-0.15, -0.1) is 0 Å². The number of carbonyl (C=O) groups excluding carboxylic acids is 1. The van der Waals surface area contributed by atoms with E-state index in [1.807, 2.05) is 30.3 Å². The minimum Gasteiger partial charge on any atom is -0.329 e. The van der Waals surface area contributed by atoms with Gasteiger partial charge in [0, 0.05) is 5.56 Å². The Hall–Kier alpha value is -1.31. The van der Waals surface area contributed by atoms with Gasteiger partial charge in [0.1, 0.15) is 0 Å². The van der Waals surface area contributed by atoms with Crippen LogP contribution in [-0.4, -0.2) is 22.9 Å². The molecule has 2 unspecified atom stereocenters. The van der Waals surface area contributed by atoms with Gasteiger partial charge in [-0.1, -0.05) is 31.0 Å². The largest absolute Gasteiger partial charge is 0.329 e. The van der Waals surface area contributed by atoms with Crippen LogP contribution < -0.4 is 0 Å². The van der Waals surface area contributed by atoms with Crippen LogP contribution in [0.25, 0.3) is 0 Å². The number of benzene rings is 1. The van der Waals surface area contributed by atoms with Gasteiger partial charge in [-0.05, 0) is 25.0 Å². The van der Waals surface area contributed by atoms with E-state index in [4.69, 9.17) is 0 Å². The summed E-state index contributed by atoms with van der Waals surface area (Å²) in [7, 11) is 0. The van der Waals surface area contributed by atoms with Crippen molar-refractivity contribution in [3.8, 4) is 0 Å². The van der Waals surface area contributed by atoms with E-state index in [1.165, 1.54) is 25.7 Å². The molecule has 1 aromatic rings. The van der Waals surface area contributed by atoms with Crippen LogP contribution in [0, 0.1) is 0 Å². The third-order valence-electron chi connectivity index (χ3n) is 3.57. The van der Waals surface area contributed by atoms with Crippen molar-refractivity contribution in [2.75, 3.05) is 0 Å². The van der Waals surface area contributed by atoms with E-state index in [9.17, 15) is 4.79 Å². The zero-order valence-corrected chi connectivity index (χ0v) is 8.73. The summed E-state index contributed by atoms with van der Waals surface area (Å²) in [6, 6.07) is 10.8. The molecule has 2 aliphatic rings. The number of fused-ring (bicyclic) bond motifs is 1. The van der Waals surface area contributed by atoms with Crippen LogP contribution in [0.15, 0.2) is 30.3 Å². The maximum atomic E-state index is 12.1. The Morgan fingerprint density at radius 1 is 1.07 bits per heavy atom. The average molecular weight is 201 g/mol. The SMILES string of the molecule is O=C(c1ccccc1)N1C2CCCCC21. The summed E-state index contributed by atoms with van der Waals surface area (Å²) in [5, 5.41) is 0. The molecule has 1 aromatic carbocycles. The molecule has 1 aliphatic carbocycles. The van der Waals surface area contributed by atoms with E-state index < -0.39 is 0 Å². The van der Waals surface area contributed by atoms with Gasteiger partial charge in [-0.2, -0.15) is 0 Å². The number of nitrogens with zero attached hydrogens (tertiary/aromatic N) is 1. The Kier molecular flexibility index (Phi) is 2.01. The molecule has 78 valence electrons. The number of hydrogen-bond acceptors (Lipinski definition) is 1. The predicted octanol–water partition coefficient (Wildman–Crippen LogP) is 2.45. The normalized spacial score (nSPS) is 28.4. The van der Waals surface area contributed by atoms with Crippen molar-refractivity contribution in [2.24, 2.45) is 0 Å². The standard InChI is InChI=1S/C13H15NO/c15-13(10-6-2-1-3-7-10)14-11-8-4-5-9-12(11)14/h1-3,6-7,11-12H,4-5,8-9H2. The first-order valence-corrected chi connectivity index (χ1v) is 5.75. The summed E-state index contributed by atoms with van der Waals surface area (Å²) in [6.45, 7) is 0. The molecule has 3 rings (SSSR count). The summed E-state index contributed by atoms with van der Waals surface area (Å²) in [6.07, 6.45) is 5.01.